The molecule has 3 heterocycles. The average Bonchev–Trinajstić information content (AvgIpc) is 3.61. The van der Waals surface area contributed by atoms with Crippen molar-refractivity contribution in [3.8, 4) is 68.9 Å². The third kappa shape index (κ3) is 4.07. The highest BCUT2D eigenvalue weighted by atomic mass is 16.5. The summed E-state index contributed by atoms with van der Waals surface area (Å²) in [7, 11) is 9.33. The molecule has 0 N–H and O–H groups in total. The number of hydrogen-bond donors (Lipinski definition) is 0. The van der Waals surface area contributed by atoms with Crippen molar-refractivity contribution in [2.75, 3.05) is 42.7 Å². The van der Waals surface area contributed by atoms with E-state index < -0.39 is 0 Å². The SMILES string of the molecule is COc1cc(-c2nnc(-c3nc(-c4cc(OC)c(OC)c(OC)c4)n4ccccc34)o2)cc(OC)c1OC. The fourth-order valence-electron chi connectivity index (χ4n) is 4.25. The first kappa shape index (κ1) is 24.8. The number of rotatable bonds is 9. The number of pyridine rings is 1. The highest BCUT2D eigenvalue weighted by Crippen LogP contribution is 2.43. The number of benzene rings is 2. The van der Waals surface area contributed by atoms with Gasteiger partial charge in [-0.2, -0.15) is 0 Å². The van der Waals surface area contributed by atoms with Crippen LogP contribution in [-0.2, 0) is 0 Å². The quantitative estimate of drug-likeness (QED) is 0.270. The number of methoxy groups -OCH3 is 6. The molecule has 0 aliphatic carbocycles. The molecule has 0 spiro atoms. The van der Waals surface area contributed by atoms with Gasteiger partial charge in [-0.15, -0.1) is 10.2 Å². The van der Waals surface area contributed by atoms with Crippen LogP contribution in [0.15, 0.2) is 53.1 Å². The van der Waals surface area contributed by atoms with Crippen LogP contribution in [0.1, 0.15) is 0 Å². The number of aromatic nitrogens is 4. The molecule has 0 unspecified atom stereocenters. The van der Waals surface area contributed by atoms with Crippen LogP contribution >= 0.6 is 0 Å². The van der Waals surface area contributed by atoms with Crippen molar-refractivity contribution < 1.29 is 32.8 Å². The van der Waals surface area contributed by atoms with E-state index in [2.05, 4.69) is 10.2 Å². The second-order valence-corrected chi connectivity index (χ2v) is 7.98. The van der Waals surface area contributed by atoms with Crippen LogP contribution in [0.3, 0.4) is 0 Å². The Morgan fingerprint density at radius 3 is 1.68 bits per heavy atom. The molecule has 0 amide bonds. The van der Waals surface area contributed by atoms with E-state index in [9.17, 15) is 0 Å². The van der Waals surface area contributed by atoms with Crippen LogP contribution in [0.25, 0.3) is 39.9 Å². The Morgan fingerprint density at radius 2 is 1.16 bits per heavy atom. The molecule has 11 nitrogen and oxygen atoms in total. The summed E-state index contributed by atoms with van der Waals surface area (Å²) < 4.78 is 40.9. The van der Waals surface area contributed by atoms with Gasteiger partial charge in [0.2, 0.25) is 17.4 Å². The average molecular weight is 519 g/mol. The van der Waals surface area contributed by atoms with E-state index in [0.717, 1.165) is 11.1 Å². The van der Waals surface area contributed by atoms with Crippen molar-refractivity contribution in [2.24, 2.45) is 0 Å². The zero-order valence-electron chi connectivity index (χ0n) is 21.8. The molecule has 5 aromatic rings. The number of imidazole rings is 1. The van der Waals surface area contributed by atoms with Crippen molar-refractivity contribution >= 4 is 5.52 Å². The van der Waals surface area contributed by atoms with Gasteiger partial charge >= 0.3 is 0 Å². The van der Waals surface area contributed by atoms with E-state index in [0.29, 0.717) is 51.6 Å². The molecule has 0 atom stereocenters. The molecule has 11 heteroatoms. The standard InChI is InChI=1S/C27H26N4O7/c1-32-18-11-15(12-19(33-2)23(18)36-5)25-28-22(17-9-7-8-10-31(17)25)27-30-29-26(38-27)16-13-20(34-3)24(37-6)21(14-16)35-4/h7-14H,1-6H3. The first-order chi connectivity index (χ1) is 18.6. The molecule has 0 radical (unpaired) electrons. The van der Waals surface area contributed by atoms with Crippen molar-refractivity contribution in [1.82, 2.24) is 19.6 Å². The summed E-state index contributed by atoms with van der Waals surface area (Å²) in [6, 6.07) is 12.9. The number of nitrogens with zero attached hydrogens (tertiary/aromatic N) is 4. The van der Waals surface area contributed by atoms with Crippen LogP contribution < -0.4 is 28.4 Å². The summed E-state index contributed by atoms with van der Waals surface area (Å²) in [6.07, 6.45) is 1.90. The maximum Gasteiger partial charge on any atom is 0.268 e. The molecule has 196 valence electrons. The molecular weight excluding hydrogens is 492 g/mol. The molecule has 2 aromatic carbocycles. The lowest BCUT2D eigenvalue weighted by molar-refractivity contribution is 0.324. The fourth-order valence-corrected chi connectivity index (χ4v) is 4.25. The summed E-state index contributed by atoms with van der Waals surface area (Å²) >= 11 is 0. The van der Waals surface area contributed by atoms with E-state index in [1.165, 1.54) is 0 Å². The minimum atomic E-state index is 0.246. The molecule has 0 bridgehead atoms. The van der Waals surface area contributed by atoms with Crippen molar-refractivity contribution in [1.29, 1.82) is 0 Å². The molecule has 0 saturated heterocycles. The van der Waals surface area contributed by atoms with Gasteiger partial charge in [0, 0.05) is 17.3 Å². The molecule has 0 fully saturated rings. The van der Waals surface area contributed by atoms with Crippen LogP contribution in [0.2, 0.25) is 0 Å². The lowest BCUT2D eigenvalue weighted by atomic mass is 10.1. The van der Waals surface area contributed by atoms with Gasteiger partial charge in [0.15, 0.2) is 28.7 Å². The first-order valence-corrected chi connectivity index (χ1v) is 11.5. The monoisotopic (exact) mass is 518 g/mol. The van der Waals surface area contributed by atoms with Gasteiger partial charge in [-0.05, 0) is 36.4 Å². The molecule has 0 aliphatic rings. The predicted octanol–water partition coefficient (Wildman–Crippen LogP) is 4.77. The van der Waals surface area contributed by atoms with E-state index in [4.69, 9.17) is 37.8 Å². The van der Waals surface area contributed by atoms with Gasteiger partial charge < -0.3 is 32.8 Å². The van der Waals surface area contributed by atoms with Crippen LogP contribution in [0.4, 0.5) is 0 Å². The van der Waals surface area contributed by atoms with E-state index >= 15 is 0 Å². The van der Waals surface area contributed by atoms with Gasteiger partial charge in [-0.3, -0.25) is 4.40 Å². The van der Waals surface area contributed by atoms with Crippen LogP contribution in [-0.4, -0.2) is 62.2 Å². The topological polar surface area (TPSA) is 112 Å². The molecule has 5 rings (SSSR count). The Bertz CT molecular complexity index is 1560. The number of hydrogen-bond acceptors (Lipinski definition) is 10. The Kier molecular flexibility index (Phi) is 6.65. The number of fused-ring (bicyclic) bond motifs is 1. The molecule has 0 aliphatic heterocycles. The Balaban J connectivity index is 1.64. The third-order valence-corrected chi connectivity index (χ3v) is 6.01. The zero-order chi connectivity index (χ0) is 26.8. The second kappa shape index (κ2) is 10.2. The Labute approximate surface area is 218 Å². The second-order valence-electron chi connectivity index (χ2n) is 7.98. The largest absolute Gasteiger partial charge is 0.493 e. The van der Waals surface area contributed by atoms with E-state index in [1.807, 2.05) is 40.9 Å². The van der Waals surface area contributed by atoms with Gasteiger partial charge in [0.25, 0.3) is 5.89 Å². The summed E-state index contributed by atoms with van der Waals surface area (Å²) in [5.41, 5.74) is 2.64. The summed E-state index contributed by atoms with van der Waals surface area (Å²) in [4.78, 5) is 4.88. The maximum atomic E-state index is 6.09. The molecule has 0 saturated carbocycles. The number of ether oxygens (including phenoxy) is 6. The molecule has 3 aromatic heterocycles. The summed E-state index contributed by atoms with van der Waals surface area (Å²) in [6.45, 7) is 0. The third-order valence-electron chi connectivity index (χ3n) is 6.01. The predicted molar refractivity (Wildman–Crippen MR) is 139 cm³/mol. The first-order valence-electron chi connectivity index (χ1n) is 11.5. The maximum absolute atomic E-state index is 6.09. The molecular formula is C27H26N4O7. The summed E-state index contributed by atoms with van der Waals surface area (Å²) in [5, 5.41) is 8.55. The van der Waals surface area contributed by atoms with Crippen LogP contribution in [0, 0.1) is 0 Å². The van der Waals surface area contributed by atoms with Gasteiger partial charge in [0.05, 0.1) is 48.2 Å². The lowest BCUT2D eigenvalue weighted by Crippen LogP contribution is -1.97. The van der Waals surface area contributed by atoms with Crippen molar-refractivity contribution in [3.05, 3.63) is 48.7 Å². The van der Waals surface area contributed by atoms with Crippen LogP contribution in [0.5, 0.6) is 34.5 Å². The lowest BCUT2D eigenvalue weighted by Gasteiger charge is -2.13. The summed E-state index contributed by atoms with van der Waals surface area (Å²) in [5.74, 6) is 4.07. The van der Waals surface area contributed by atoms with Gasteiger partial charge in [-0.25, -0.2) is 4.98 Å². The highest BCUT2D eigenvalue weighted by Gasteiger charge is 2.23. The van der Waals surface area contributed by atoms with E-state index in [1.54, 1.807) is 54.8 Å². The minimum absolute atomic E-state index is 0.246. The van der Waals surface area contributed by atoms with Gasteiger partial charge in [-0.1, -0.05) is 6.07 Å². The Hall–Kier alpha value is -4.93. The fraction of sp³-hybridized carbons (Fsp3) is 0.222. The molecule has 38 heavy (non-hydrogen) atoms. The normalized spacial score (nSPS) is 10.9. The van der Waals surface area contributed by atoms with Crippen molar-refractivity contribution in [3.63, 3.8) is 0 Å². The smallest absolute Gasteiger partial charge is 0.268 e. The minimum Gasteiger partial charge on any atom is -0.493 e. The Morgan fingerprint density at radius 1 is 0.632 bits per heavy atom. The van der Waals surface area contributed by atoms with Crippen molar-refractivity contribution in [2.45, 2.75) is 0 Å². The highest BCUT2D eigenvalue weighted by molar-refractivity contribution is 5.79. The zero-order valence-corrected chi connectivity index (χ0v) is 21.8. The van der Waals surface area contributed by atoms with E-state index in [-0.39, 0.29) is 11.8 Å². The van der Waals surface area contributed by atoms with Gasteiger partial charge in [0.1, 0.15) is 5.82 Å².